The minimum Gasteiger partial charge on any atom is -0.376 e. The predicted molar refractivity (Wildman–Crippen MR) is 131 cm³/mol. The minimum atomic E-state index is -0.206. The lowest BCUT2D eigenvalue weighted by atomic mass is 10.0. The molecule has 32 heavy (non-hydrogen) atoms. The molecule has 0 aliphatic carbocycles. The Morgan fingerprint density at radius 1 is 0.938 bits per heavy atom. The zero-order valence-electron chi connectivity index (χ0n) is 18.3. The number of para-hydroxylation sites is 1. The molecule has 0 fully saturated rings. The summed E-state index contributed by atoms with van der Waals surface area (Å²) in [5, 5.41) is 9.23. The Morgan fingerprint density at radius 2 is 1.66 bits per heavy atom. The first-order valence-electron chi connectivity index (χ1n) is 10.7. The highest BCUT2D eigenvalue weighted by atomic mass is 35.5. The molecule has 0 saturated carbocycles. The average molecular weight is 450 g/mol. The summed E-state index contributed by atoms with van der Waals surface area (Å²) in [5.41, 5.74) is 4.10. The monoisotopic (exact) mass is 449 g/mol. The van der Waals surface area contributed by atoms with Gasteiger partial charge in [-0.1, -0.05) is 74.0 Å². The van der Waals surface area contributed by atoms with Crippen molar-refractivity contribution in [2.75, 3.05) is 23.7 Å². The Balaban J connectivity index is 1.57. The van der Waals surface area contributed by atoms with Gasteiger partial charge in [0.2, 0.25) is 5.91 Å². The molecule has 0 heterocycles. The summed E-state index contributed by atoms with van der Waals surface area (Å²) >= 11 is 6.28. The van der Waals surface area contributed by atoms with Crippen molar-refractivity contribution in [1.82, 2.24) is 5.32 Å². The van der Waals surface area contributed by atoms with Gasteiger partial charge in [-0.15, -0.1) is 0 Å². The lowest BCUT2D eigenvalue weighted by molar-refractivity contribution is -0.114. The van der Waals surface area contributed by atoms with E-state index >= 15 is 0 Å². The molecule has 0 atom stereocenters. The Labute approximate surface area is 194 Å². The Bertz CT molecular complexity index is 1070. The van der Waals surface area contributed by atoms with E-state index in [9.17, 15) is 9.59 Å². The maximum Gasteiger partial charge on any atom is 0.252 e. The van der Waals surface area contributed by atoms with Crippen LogP contribution in [0.4, 0.5) is 11.4 Å². The van der Waals surface area contributed by atoms with E-state index < -0.39 is 0 Å². The van der Waals surface area contributed by atoms with Gasteiger partial charge in [0, 0.05) is 17.9 Å². The standard InChI is InChI=1S/C26H28ClN3O2/c1-18(2)16-29-26(32)22-13-12-21(15-23(22)27)28-17-25(31)30-24-11-7-6-10-20(24)14-19-8-4-3-5-9-19/h3-13,15,18,28H,14,16-17H2,1-2H3,(H,29,32)(H,30,31). The van der Waals surface area contributed by atoms with Crippen LogP contribution in [0.2, 0.25) is 5.02 Å². The molecule has 0 saturated heterocycles. The van der Waals surface area contributed by atoms with Crippen molar-refractivity contribution >= 4 is 34.8 Å². The second kappa shape index (κ2) is 11.3. The van der Waals surface area contributed by atoms with E-state index in [4.69, 9.17) is 11.6 Å². The number of nitrogens with one attached hydrogen (secondary N) is 3. The Morgan fingerprint density at radius 3 is 2.38 bits per heavy atom. The number of anilines is 2. The van der Waals surface area contributed by atoms with Crippen LogP contribution in [0.25, 0.3) is 0 Å². The fourth-order valence-corrected chi connectivity index (χ4v) is 3.46. The van der Waals surface area contributed by atoms with Crippen LogP contribution in [-0.2, 0) is 11.2 Å². The maximum atomic E-state index is 12.5. The van der Waals surface area contributed by atoms with Crippen LogP contribution in [0.15, 0.2) is 72.8 Å². The van der Waals surface area contributed by atoms with E-state index in [1.807, 2.05) is 56.3 Å². The van der Waals surface area contributed by atoms with Crippen molar-refractivity contribution in [3.05, 3.63) is 94.5 Å². The van der Waals surface area contributed by atoms with Crippen molar-refractivity contribution < 1.29 is 9.59 Å². The largest absolute Gasteiger partial charge is 0.376 e. The van der Waals surface area contributed by atoms with Gasteiger partial charge in [0.25, 0.3) is 5.91 Å². The molecule has 166 valence electrons. The summed E-state index contributed by atoms with van der Waals surface area (Å²) in [6.45, 7) is 4.72. The van der Waals surface area contributed by atoms with Gasteiger partial charge >= 0.3 is 0 Å². The molecule has 0 radical (unpaired) electrons. The molecule has 3 N–H and O–H groups in total. The van der Waals surface area contributed by atoms with Crippen molar-refractivity contribution in [1.29, 1.82) is 0 Å². The quantitative estimate of drug-likeness (QED) is 0.411. The molecule has 0 unspecified atom stereocenters. The fraction of sp³-hybridized carbons (Fsp3) is 0.231. The smallest absolute Gasteiger partial charge is 0.252 e. The highest BCUT2D eigenvalue weighted by Crippen LogP contribution is 2.22. The number of hydrogen-bond acceptors (Lipinski definition) is 3. The first-order valence-corrected chi connectivity index (χ1v) is 11.0. The third-order valence-electron chi connectivity index (χ3n) is 4.87. The van der Waals surface area contributed by atoms with Gasteiger partial charge in [-0.3, -0.25) is 9.59 Å². The topological polar surface area (TPSA) is 70.2 Å². The van der Waals surface area contributed by atoms with Crippen molar-refractivity contribution in [2.45, 2.75) is 20.3 Å². The lowest BCUT2D eigenvalue weighted by Crippen LogP contribution is -2.27. The first-order chi connectivity index (χ1) is 15.4. The molecule has 6 heteroatoms. The predicted octanol–water partition coefficient (Wildman–Crippen LogP) is 5.37. The molecule has 0 aliphatic heterocycles. The minimum absolute atomic E-state index is 0.0783. The molecule has 3 aromatic carbocycles. The summed E-state index contributed by atoms with van der Waals surface area (Å²) in [5.74, 6) is -0.0154. The molecule has 3 rings (SSSR count). The highest BCUT2D eigenvalue weighted by Gasteiger charge is 2.12. The second-order valence-corrected chi connectivity index (χ2v) is 8.43. The number of halogens is 1. The lowest BCUT2D eigenvalue weighted by Gasteiger charge is -2.13. The summed E-state index contributed by atoms with van der Waals surface area (Å²) in [6, 6.07) is 23.0. The molecule has 2 amide bonds. The van der Waals surface area contributed by atoms with E-state index in [-0.39, 0.29) is 18.4 Å². The van der Waals surface area contributed by atoms with Crippen LogP contribution in [-0.4, -0.2) is 24.9 Å². The Hall–Kier alpha value is -3.31. The number of hydrogen-bond donors (Lipinski definition) is 3. The van der Waals surface area contributed by atoms with Crippen LogP contribution in [0.1, 0.15) is 35.3 Å². The van der Waals surface area contributed by atoms with Gasteiger partial charge in [0.1, 0.15) is 0 Å². The third kappa shape index (κ3) is 6.86. The average Bonchev–Trinajstić information content (AvgIpc) is 2.78. The molecule has 0 aromatic heterocycles. The van der Waals surface area contributed by atoms with Gasteiger partial charge in [0.15, 0.2) is 0 Å². The number of rotatable bonds is 9. The number of carbonyl (C=O) groups is 2. The molecule has 0 bridgehead atoms. The highest BCUT2D eigenvalue weighted by molar-refractivity contribution is 6.34. The van der Waals surface area contributed by atoms with E-state index in [1.165, 1.54) is 5.56 Å². The zero-order valence-corrected chi connectivity index (χ0v) is 19.1. The molecule has 0 spiro atoms. The third-order valence-corrected chi connectivity index (χ3v) is 5.18. The normalized spacial score (nSPS) is 10.6. The fourth-order valence-electron chi connectivity index (χ4n) is 3.19. The summed E-state index contributed by atoms with van der Waals surface area (Å²) in [4.78, 5) is 24.8. The van der Waals surface area contributed by atoms with Crippen LogP contribution >= 0.6 is 11.6 Å². The van der Waals surface area contributed by atoms with Gasteiger partial charge in [-0.25, -0.2) is 0 Å². The van der Waals surface area contributed by atoms with Crippen LogP contribution in [0.3, 0.4) is 0 Å². The van der Waals surface area contributed by atoms with Gasteiger partial charge in [-0.2, -0.15) is 0 Å². The zero-order chi connectivity index (χ0) is 22.9. The number of amides is 2. The first kappa shape index (κ1) is 23.4. The van der Waals surface area contributed by atoms with Gasteiger partial charge in [-0.05, 0) is 47.7 Å². The van der Waals surface area contributed by atoms with E-state index in [0.29, 0.717) is 28.7 Å². The van der Waals surface area contributed by atoms with E-state index in [0.717, 1.165) is 17.7 Å². The summed E-state index contributed by atoms with van der Waals surface area (Å²) < 4.78 is 0. The van der Waals surface area contributed by atoms with Crippen LogP contribution in [0.5, 0.6) is 0 Å². The maximum absolute atomic E-state index is 12.5. The molecule has 3 aromatic rings. The van der Waals surface area contributed by atoms with Crippen molar-refractivity contribution in [2.24, 2.45) is 5.92 Å². The van der Waals surface area contributed by atoms with Gasteiger partial charge in [0.05, 0.1) is 17.1 Å². The van der Waals surface area contributed by atoms with E-state index in [1.54, 1.807) is 18.2 Å². The molecular formula is C26H28ClN3O2. The number of carbonyl (C=O) groups excluding carboxylic acids is 2. The van der Waals surface area contributed by atoms with Crippen molar-refractivity contribution in [3.63, 3.8) is 0 Å². The van der Waals surface area contributed by atoms with Crippen LogP contribution < -0.4 is 16.0 Å². The number of benzene rings is 3. The van der Waals surface area contributed by atoms with Gasteiger partial charge < -0.3 is 16.0 Å². The molecule has 0 aliphatic rings. The second-order valence-electron chi connectivity index (χ2n) is 8.02. The van der Waals surface area contributed by atoms with E-state index in [2.05, 4.69) is 28.1 Å². The van der Waals surface area contributed by atoms with Crippen molar-refractivity contribution in [3.8, 4) is 0 Å². The summed E-state index contributed by atoms with van der Waals surface area (Å²) in [6.07, 6.45) is 0.737. The van der Waals surface area contributed by atoms with Crippen LogP contribution in [0, 0.1) is 5.92 Å². The Kier molecular flexibility index (Phi) is 8.28. The molecule has 5 nitrogen and oxygen atoms in total. The SMILES string of the molecule is CC(C)CNC(=O)c1ccc(NCC(=O)Nc2ccccc2Cc2ccccc2)cc1Cl. The summed E-state index contributed by atoms with van der Waals surface area (Å²) in [7, 11) is 0. The molecular weight excluding hydrogens is 422 g/mol.